The minimum atomic E-state index is -0.609. The Morgan fingerprint density at radius 2 is 1.86 bits per heavy atom. The summed E-state index contributed by atoms with van der Waals surface area (Å²) in [6.07, 6.45) is 0.570. The molecule has 2 rings (SSSR count). The van der Waals surface area contributed by atoms with Crippen molar-refractivity contribution < 1.29 is 9.72 Å². The van der Waals surface area contributed by atoms with E-state index in [-0.39, 0.29) is 16.3 Å². The first-order chi connectivity index (χ1) is 10.5. The molecule has 114 valence electrons. The van der Waals surface area contributed by atoms with Crippen molar-refractivity contribution in [2.75, 3.05) is 6.54 Å². The number of nitrogens with one attached hydrogen (secondary N) is 1. The maximum Gasteiger partial charge on any atom is 0.282 e. The largest absolute Gasteiger partial charge is 0.351 e. The molecular weight excluding hydrogens is 327 g/mol. The first kappa shape index (κ1) is 16.3. The van der Waals surface area contributed by atoms with Gasteiger partial charge in [0.1, 0.15) is 5.56 Å². The number of halogens is 2. The van der Waals surface area contributed by atoms with Crippen LogP contribution in [0.4, 0.5) is 5.69 Å². The average molecular weight is 339 g/mol. The van der Waals surface area contributed by atoms with Gasteiger partial charge in [0.2, 0.25) is 0 Å². The lowest BCUT2D eigenvalue weighted by molar-refractivity contribution is -0.385. The molecule has 2 aromatic carbocycles. The number of nitro groups is 1. The van der Waals surface area contributed by atoms with Crippen molar-refractivity contribution in [3.05, 3.63) is 73.8 Å². The summed E-state index contributed by atoms with van der Waals surface area (Å²) in [6.45, 7) is 0.336. The molecule has 1 N–H and O–H groups in total. The van der Waals surface area contributed by atoms with Gasteiger partial charge in [-0.2, -0.15) is 0 Å². The third-order valence-corrected chi connectivity index (χ3v) is 3.46. The lowest BCUT2D eigenvalue weighted by Crippen LogP contribution is -2.26. The van der Waals surface area contributed by atoms with Gasteiger partial charge in [-0.25, -0.2) is 0 Å². The van der Waals surface area contributed by atoms with Gasteiger partial charge < -0.3 is 5.32 Å². The maximum absolute atomic E-state index is 12.1. The maximum atomic E-state index is 12.1. The van der Waals surface area contributed by atoms with Crippen molar-refractivity contribution in [3.63, 3.8) is 0 Å². The summed E-state index contributed by atoms with van der Waals surface area (Å²) in [5, 5.41) is 14.5. The molecule has 5 nitrogen and oxygen atoms in total. The molecule has 0 heterocycles. The normalized spacial score (nSPS) is 10.3. The molecule has 0 radical (unpaired) electrons. The van der Waals surface area contributed by atoms with Gasteiger partial charge in [0.05, 0.1) is 4.92 Å². The first-order valence-electron chi connectivity index (χ1n) is 6.44. The molecule has 0 fully saturated rings. The molecule has 0 aromatic heterocycles. The summed E-state index contributed by atoms with van der Waals surface area (Å²) in [5.74, 6) is -0.531. The van der Waals surface area contributed by atoms with E-state index in [1.54, 1.807) is 12.1 Å². The van der Waals surface area contributed by atoms with Crippen LogP contribution in [0.15, 0.2) is 42.5 Å². The van der Waals surface area contributed by atoms with Crippen LogP contribution in [0.25, 0.3) is 0 Å². The van der Waals surface area contributed by atoms with E-state index in [1.807, 2.05) is 12.1 Å². The van der Waals surface area contributed by atoms with Crippen molar-refractivity contribution in [3.8, 4) is 0 Å². The molecule has 0 unspecified atom stereocenters. The molecule has 0 bridgehead atoms. The highest BCUT2D eigenvalue weighted by atomic mass is 35.5. The van der Waals surface area contributed by atoms with Gasteiger partial charge >= 0.3 is 0 Å². The summed E-state index contributed by atoms with van der Waals surface area (Å²) >= 11 is 11.7. The number of nitrogens with zero attached hydrogens (tertiary/aromatic N) is 1. The van der Waals surface area contributed by atoms with E-state index in [0.29, 0.717) is 18.0 Å². The van der Waals surface area contributed by atoms with Gasteiger partial charge in [0.25, 0.3) is 11.6 Å². The lowest BCUT2D eigenvalue weighted by Gasteiger charge is -2.07. The number of rotatable bonds is 5. The average Bonchev–Trinajstić information content (AvgIpc) is 2.46. The third-order valence-electron chi connectivity index (χ3n) is 2.99. The minimum Gasteiger partial charge on any atom is -0.351 e. The van der Waals surface area contributed by atoms with E-state index in [4.69, 9.17) is 23.2 Å². The van der Waals surface area contributed by atoms with E-state index in [1.165, 1.54) is 18.2 Å². The SMILES string of the molecule is O=C(NCCc1cccc(Cl)c1)c1cc(Cl)ccc1[N+](=O)[O-]. The van der Waals surface area contributed by atoms with Crippen LogP contribution in [-0.4, -0.2) is 17.4 Å². The zero-order valence-corrected chi connectivity index (χ0v) is 12.9. The number of benzene rings is 2. The fraction of sp³-hybridized carbons (Fsp3) is 0.133. The summed E-state index contributed by atoms with van der Waals surface area (Å²) in [7, 11) is 0. The van der Waals surface area contributed by atoms with Crippen molar-refractivity contribution in [1.82, 2.24) is 5.32 Å². The fourth-order valence-corrected chi connectivity index (χ4v) is 2.34. The van der Waals surface area contributed by atoms with E-state index in [2.05, 4.69) is 5.32 Å². The molecule has 7 heteroatoms. The Hall–Kier alpha value is -2.11. The molecule has 0 saturated carbocycles. The molecule has 1 amide bonds. The number of carbonyl (C=O) groups excluding carboxylic acids is 1. The molecule has 0 spiro atoms. The second kappa shape index (κ2) is 7.24. The summed E-state index contributed by atoms with van der Waals surface area (Å²) in [6, 6.07) is 11.2. The van der Waals surface area contributed by atoms with Crippen LogP contribution < -0.4 is 5.32 Å². The van der Waals surface area contributed by atoms with Gasteiger partial charge in [-0.15, -0.1) is 0 Å². The van der Waals surface area contributed by atoms with Crippen LogP contribution in [0.1, 0.15) is 15.9 Å². The Labute approximate surface area is 137 Å². The van der Waals surface area contributed by atoms with Crippen molar-refractivity contribution in [2.24, 2.45) is 0 Å². The quantitative estimate of drug-likeness (QED) is 0.664. The lowest BCUT2D eigenvalue weighted by atomic mass is 10.1. The number of hydrogen-bond acceptors (Lipinski definition) is 3. The van der Waals surface area contributed by atoms with E-state index >= 15 is 0 Å². The molecule has 0 atom stereocenters. The molecule has 22 heavy (non-hydrogen) atoms. The minimum absolute atomic E-state index is 0.0522. The molecule has 2 aromatic rings. The number of carbonyl (C=O) groups is 1. The van der Waals surface area contributed by atoms with Crippen molar-refractivity contribution >= 4 is 34.8 Å². The molecule has 0 aliphatic carbocycles. The van der Waals surface area contributed by atoms with Crippen LogP contribution in [0.5, 0.6) is 0 Å². The monoisotopic (exact) mass is 338 g/mol. The molecule has 0 aliphatic rings. The van der Waals surface area contributed by atoms with Crippen LogP contribution >= 0.6 is 23.2 Å². The molecule has 0 aliphatic heterocycles. The highest BCUT2D eigenvalue weighted by Crippen LogP contribution is 2.22. The second-order valence-corrected chi connectivity index (χ2v) is 5.43. The Balaban J connectivity index is 2.03. The van der Waals surface area contributed by atoms with Crippen molar-refractivity contribution in [2.45, 2.75) is 6.42 Å². The molecular formula is C15H12Cl2N2O3. The van der Waals surface area contributed by atoms with Crippen LogP contribution in [0, 0.1) is 10.1 Å². The highest BCUT2D eigenvalue weighted by Gasteiger charge is 2.20. The highest BCUT2D eigenvalue weighted by molar-refractivity contribution is 6.31. The summed E-state index contributed by atoms with van der Waals surface area (Å²) in [4.78, 5) is 22.4. The summed E-state index contributed by atoms with van der Waals surface area (Å²) < 4.78 is 0. The Kier molecular flexibility index (Phi) is 5.35. The van der Waals surface area contributed by atoms with Crippen LogP contribution in [0.3, 0.4) is 0 Å². The summed E-state index contributed by atoms with van der Waals surface area (Å²) in [5.41, 5.74) is 0.640. The predicted molar refractivity (Wildman–Crippen MR) is 85.6 cm³/mol. The predicted octanol–water partition coefficient (Wildman–Crippen LogP) is 3.87. The standard InChI is InChI=1S/C15H12Cl2N2O3/c16-11-3-1-2-10(8-11)6-7-18-15(20)13-9-12(17)4-5-14(13)19(21)22/h1-5,8-9H,6-7H2,(H,18,20). The van der Waals surface area contributed by atoms with Crippen molar-refractivity contribution in [1.29, 1.82) is 0 Å². The van der Waals surface area contributed by atoms with Gasteiger partial charge in [-0.3, -0.25) is 14.9 Å². The van der Waals surface area contributed by atoms with Crippen LogP contribution in [-0.2, 0) is 6.42 Å². The second-order valence-electron chi connectivity index (χ2n) is 4.55. The smallest absolute Gasteiger partial charge is 0.282 e. The van der Waals surface area contributed by atoms with Gasteiger partial charge in [0.15, 0.2) is 0 Å². The van der Waals surface area contributed by atoms with E-state index < -0.39 is 10.8 Å². The number of amides is 1. The fourth-order valence-electron chi connectivity index (χ4n) is 1.96. The van der Waals surface area contributed by atoms with E-state index in [9.17, 15) is 14.9 Å². The molecule has 0 saturated heterocycles. The zero-order valence-electron chi connectivity index (χ0n) is 11.4. The number of nitro benzene ring substituents is 1. The van der Waals surface area contributed by atoms with Gasteiger partial charge in [-0.05, 0) is 36.2 Å². The Morgan fingerprint density at radius 1 is 1.14 bits per heavy atom. The van der Waals surface area contributed by atoms with Crippen LogP contribution in [0.2, 0.25) is 10.0 Å². The third kappa shape index (κ3) is 4.19. The number of hydrogen-bond donors (Lipinski definition) is 1. The topological polar surface area (TPSA) is 72.2 Å². The van der Waals surface area contributed by atoms with E-state index in [0.717, 1.165) is 5.56 Å². The zero-order chi connectivity index (χ0) is 16.1. The Bertz CT molecular complexity index is 720. The van der Waals surface area contributed by atoms with Gasteiger partial charge in [0, 0.05) is 22.7 Å². The first-order valence-corrected chi connectivity index (χ1v) is 7.19. The Morgan fingerprint density at radius 3 is 2.55 bits per heavy atom. The van der Waals surface area contributed by atoms with Gasteiger partial charge in [-0.1, -0.05) is 35.3 Å².